The van der Waals surface area contributed by atoms with Crippen LogP contribution in [0.1, 0.15) is 49.1 Å². The van der Waals surface area contributed by atoms with Crippen molar-refractivity contribution in [2.75, 3.05) is 11.9 Å². The van der Waals surface area contributed by atoms with Crippen molar-refractivity contribution in [3.63, 3.8) is 0 Å². The van der Waals surface area contributed by atoms with E-state index >= 15 is 0 Å². The van der Waals surface area contributed by atoms with Gasteiger partial charge in [0, 0.05) is 12.2 Å². The quantitative estimate of drug-likeness (QED) is 0.805. The zero-order valence-corrected chi connectivity index (χ0v) is 13.1. The fourth-order valence-corrected chi connectivity index (χ4v) is 3.37. The van der Waals surface area contributed by atoms with Crippen molar-refractivity contribution >= 4 is 5.69 Å². The van der Waals surface area contributed by atoms with Crippen LogP contribution in [0.4, 0.5) is 5.69 Å². The maximum absolute atomic E-state index is 9.76. The molecule has 22 heavy (non-hydrogen) atoms. The Morgan fingerprint density at radius 1 is 0.909 bits per heavy atom. The van der Waals surface area contributed by atoms with Gasteiger partial charge in [0.1, 0.15) is 5.75 Å². The summed E-state index contributed by atoms with van der Waals surface area (Å²) in [5.41, 5.74) is 3.65. The summed E-state index contributed by atoms with van der Waals surface area (Å²) in [6.45, 7) is 0.834. The van der Waals surface area contributed by atoms with E-state index in [1.165, 1.54) is 37.7 Å². The number of para-hydroxylation sites is 1. The number of benzene rings is 2. The number of aromatic hydroxyl groups is 1. The molecule has 0 saturated heterocycles. The Morgan fingerprint density at radius 3 is 2.36 bits per heavy atom. The predicted molar refractivity (Wildman–Crippen MR) is 92.6 cm³/mol. The average molecular weight is 295 g/mol. The lowest BCUT2D eigenvalue weighted by atomic mass is 9.84. The first-order chi connectivity index (χ1) is 10.8. The minimum absolute atomic E-state index is 0.386. The highest BCUT2D eigenvalue weighted by Crippen LogP contribution is 2.32. The summed E-state index contributed by atoms with van der Waals surface area (Å²) >= 11 is 0. The smallest absolute Gasteiger partial charge is 0.118 e. The van der Waals surface area contributed by atoms with Gasteiger partial charge in [0.25, 0.3) is 0 Å². The Bertz CT molecular complexity index is 585. The Hall–Kier alpha value is -1.96. The van der Waals surface area contributed by atoms with Crippen LogP contribution in [0.2, 0.25) is 0 Å². The van der Waals surface area contributed by atoms with Gasteiger partial charge < -0.3 is 10.4 Å². The number of phenolic OH excluding ortho intramolecular Hbond substituents is 1. The largest absolute Gasteiger partial charge is 0.508 e. The number of hydrogen-bond acceptors (Lipinski definition) is 2. The van der Waals surface area contributed by atoms with Crippen molar-refractivity contribution in [2.24, 2.45) is 0 Å². The summed E-state index contributed by atoms with van der Waals surface area (Å²) in [6, 6.07) is 16.5. The molecule has 1 fully saturated rings. The van der Waals surface area contributed by atoms with Gasteiger partial charge in [0.2, 0.25) is 0 Å². The first-order valence-corrected chi connectivity index (χ1v) is 8.43. The van der Waals surface area contributed by atoms with Crippen molar-refractivity contribution in [3.8, 4) is 5.75 Å². The van der Waals surface area contributed by atoms with Crippen LogP contribution in [0, 0.1) is 0 Å². The molecule has 0 aliphatic heterocycles. The molecule has 0 atom stereocenters. The summed E-state index contributed by atoms with van der Waals surface area (Å²) in [7, 11) is 0. The van der Waals surface area contributed by atoms with Gasteiger partial charge in [-0.1, -0.05) is 49.6 Å². The van der Waals surface area contributed by atoms with Crippen LogP contribution in [-0.2, 0) is 6.42 Å². The lowest BCUT2D eigenvalue weighted by Crippen LogP contribution is -2.06. The van der Waals surface area contributed by atoms with Crippen LogP contribution >= 0.6 is 0 Å². The third-order valence-corrected chi connectivity index (χ3v) is 4.70. The van der Waals surface area contributed by atoms with Crippen LogP contribution < -0.4 is 5.32 Å². The summed E-state index contributed by atoms with van der Waals surface area (Å²) in [4.78, 5) is 0. The molecule has 1 aliphatic carbocycles. The topological polar surface area (TPSA) is 32.3 Å². The highest BCUT2D eigenvalue weighted by molar-refractivity contribution is 5.45. The number of anilines is 1. The second-order valence-electron chi connectivity index (χ2n) is 6.26. The molecular weight excluding hydrogens is 270 g/mol. The van der Waals surface area contributed by atoms with Crippen LogP contribution in [0.3, 0.4) is 0 Å². The molecule has 0 bridgehead atoms. The summed E-state index contributed by atoms with van der Waals surface area (Å²) in [5.74, 6) is 1.15. The van der Waals surface area contributed by atoms with E-state index < -0.39 is 0 Å². The molecule has 2 N–H and O–H groups in total. The maximum atomic E-state index is 9.76. The predicted octanol–water partition coefficient (Wildman–Crippen LogP) is 5.09. The fraction of sp³-hybridized carbons (Fsp3) is 0.400. The Kier molecular flexibility index (Phi) is 4.99. The second kappa shape index (κ2) is 7.35. The standard InChI is InChI=1S/C20H25NO/c22-20-9-5-4-8-18(20)14-15-21-19-12-10-17(11-13-19)16-6-2-1-3-7-16/h4-5,8-13,16,21-22H,1-3,6-7,14-15H2. The van der Waals surface area contributed by atoms with Gasteiger partial charge in [-0.05, 0) is 54.5 Å². The van der Waals surface area contributed by atoms with Crippen molar-refractivity contribution < 1.29 is 5.11 Å². The van der Waals surface area contributed by atoms with E-state index in [1.54, 1.807) is 6.07 Å². The summed E-state index contributed by atoms with van der Waals surface area (Å²) < 4.78 is 0. The number of nitrogens with one attached hydrogen (secondary N) is 1. The molecule has 2 heteroatoms. The van der Waals surface area contributed by atoms with Crippen LogP contribution in [0.15, 0.2) is 48.5 Å². The van der Waals surface area contributed by atoms with Crippen molar-refractivity contribution in [2.45, 2.75) is 44.4 Å². The molecule has 0 amide bonds. The van der Waals surface area contributed by atoms with Gasteiger partial charge in [-0.25, -0.2) is 0 Å². The van der Waals surface area contributed by atoms with Gasteiger partial charge in [-0.3, -0.25) is 0 Å². The fourth-order valence-electron chi connectivity index (χ4n) is 3.37. The first-order valence-electron chi connectivity index (χ1n) is 8.43. The molecule has 3 rings (SSSR count). The first kappa shape index (κ1) is 15.0. The number of phenols is 1. The SMILES string of the molecule is Oc1ccccc1CCNc1ccc(C2CCCCC2)cc1. The molecule has 2 aromatic rings. The van der Waals surface area contributed by atoms with E-state index in [4.69, 9.17) is 0 Å². The Labute approximate surface area is 133 Å². The van der Waals surface area contributed by atoms with E-state index in [0.29, 0.717) is 5.75 Å². The van der Waals surface area contributed by atoms with E-state index in [-0.39, 0.29) is 0 Å². The Morgan fingerprint density at radius 2 is 1.64 bits per heavy atom. The lowest BCUT2D eigenvalue weighted by molar-refractivity contribution is 0.443. The summed E-state index contributed by atoms with van der Waals surface area (Å²) in [6.07, 6.45) is 7.69. The molecule has 1 aliphatic rings. The van der Waals surface area contributed by atoms with E-state index in [2.05, 4.69) is 29.6 Å². The van der Waals surface area contributed by atoms with Crippen LogP contribution in [0.25, 0.3) is 0 Å². The molecule has 0 radical (unpaired) electrons. The number of rotatable bonds is 5. The van der Waals surface area contributed by atoms with Crippen LogP contribution in [-0.4, -0.2) is 11.7 Å². The monoisotopic (exact) mass is 295 g/mol. The van der Waals surface area contributed by atoms with Crippen LogP contribution in [0.5, 0.6) is 5.75 Å². The van der Waals surface area contributed by atoms with Crippen molar-refractivity contribution in [1.29, 1.82) is 0 Å². The second-order valence-corrected chi connectivity index (χ2v) is 6.26. The minimum atomic E-state index is 0.386. The molecule has 116 valence electrons. The molecule has 2 aromatic carbocycles. The summed E-state index contributed by atoms with van der Waals surface area (Å²) in [5, 5.41) is 13.2. The molecule has 1 saturated carbocycles. The lowest BCUT2D eigenvalue weighted by Gasteiger charge is -2.22. The van der Waals surface area contributed by atoms with E-state index in [1.807, 2.05) is 18.2 Å². The van der Waals surface area contributed by atoms with Crippen molar-refractivity contribution in [1.82, 2.24) is 0 Å². The average Bonchev–Trinajstić information content (AvgIpc) is 2.58. The zero-order valence-electron chi connectivity index (χ0n) is 13.1. The molecule has 0 heterocycles. The van der Waals surface area contributed by atoms with Gasteiger partial charge >= 0.3 is 0 Å². The molecule has 0 unspecified atom stereocenters. The molecular formula is C20H25NO. The highest BCUT2D eigenvalue weighted by atomic mass is 16.3. The van der Waals surface area contributed by atoms with Crippen molar-refractivity contribution in [3.05, 3.63) is 59.7 Å². The van der Waals surface area contributed by atoms with E-state index in [0.717, 1.165) is 30.1 Å². The van der Waals surface area contributed by atoms with E-state index in [9.17, 15) is 5.11 Å². The normalized spacial score (nSPS) is 15.6. The van der Waals surface area contributed by atoms with Gasteiger partial charge in [-0.2, -0.15) is 0 Å². The van der Waals surface area contributed by atoms with Gasteiger partial charge in [0.05, 0.1) is 0 Å². The molecule has 0 spiro atoms. The third-order valence-electron chi connectivity index (χ3n) is 4.70. The molecule has 2 nitrogen and oxygen atoms in total. The third kappa shape index (κ3) is 3.82. The minimum Gasteiger partial charge on any atom is -0.508 e. The zero-order chi connectivity index (χ0) is 15.2. The van der Waals surface area contributed by atoms with Gasteiger partial charge in [-0.15, -0.1) is 0 Å². The Balaban J connectivity index is 1.52. The number of hydrogen-bond donors (Lipinski definition) is 2. The highest BCUT2D eigenvalue weighted by Gasteiger charge is 2.14. The van der Waals surface area contributed by atoms with Gasteiger partial charge in [0.15, 0.2) is 0 Å². The maximum Gasteiger partial charge on any atom is 0.118 e. The molecule has 0 aromatic heterocycles.